The third-order valence-corrected chi connectivity index (χ3v) is 7.51. The number of sulfonamides is 1. The lowest BCUT2D eigenvalue weighted by Crippen LogP contribution is -2.32. The number of hydrogen-bond donors (Lipinski definition) is 1. The SMILES string of the molecule is COC(=O)CCCN(c1cc2oc(-c3ccc(F)cc3)c(-c3ncc[nH]3)c2cc1C1CC1)S(C)(=O)=O. The normalized spacial score (nSPS) is 13.8. The molecule has 10 heteroatoms. The van der Waals surface area contributed by atoms with Crippen molar-refractivity contribution in [3.8, 4) is 22.7 Å². The molecule has 2 aromatic heterocycles. The summed E-state index contributed by atoms with van der Waals surface area (Å²) in [5.41, 5.74) is 3.34. The maximum absolute atomic E-state index is 13.6. The van der Waals surface area contributed by atoms with Gasteiger partial charge in [-0.15, -0.1) is 0 Å². The third kappa shape index (κ3) is 4.73. The first-order valence-electron chi connectivity index (χ1n) is 11.7. The van der Waals surface area contributed by atoms with Crippen LogP contribution in [0.15, 0.2) is 53.2 Å². The number of fused-ring (bicyclic) bond motifs is 1. The molecule has 2 heterocycles. The number of H-pyrrole nitrogens is 1. The summed E-state index contributed by atoms with van der Waals surface area (Å²) in [6.07, 6.45) is 6.86. The number of methoxy groups -OCH3 is 1. The van der Waals surface area contributed by atoms with Crippen molar-refractivity contribution in [3.05, 3.63) is 60.2 Å². The Morgan fingerprint density at radius 2 is 2.00 bits per heavy atom. The zero-order valence-electron chi connectivity index (χ0n) is 20.0. The van der Waals surface area contributed by atoms with Gasteiger partial charge in [-0.3, -0.25) is 9.10 Å². The minimum Gasteiger partial charge on any atom is -0.469 e. The second kappa shape index (κ2) is 9.42. The molecule has 0 radical (unpaired) electrons. The number of nitrogens with one attached hydrogen (secondary N) is 1. The average Bonchev–Trinajstić information content (AvgIpc) is 3.42. The fourth-order valence-electron chi connectivity index (χ4n) is 4.46. The third-order valence-electron chi connectivity index (χ3n) is 6.33. The number of carbonyl (C=O) groups excluding carboxylic acids is 1. The van der Waals surface area contributed by atoms with Crippen LogP contribution in [0.4, 0.5) is 10.1 Å². The molecule has 5 rings (SSSR count). The van der Waals surface area contributed by atoms with Gasteiger partial charge in [0.05, 0.1) is 24.6 Å². The van der Waals surface area contributed by atoms with E-state index in [1.165, 1.54) is 23.5 Å². The molecule has 1 aliphatic carbocycles. The van der Waals surface area contributed by atoms with Crippen molar-refractivity contribution in [1.29, 1.82) is 0 Å². The van der Waals surface area contributed by atoms with Gasteiger partial charge < -0.3 is 14.1 Å². The van der Waals surface area contributed by atoms with Gasteiger partial charge in [-0.05, 0) is 61.1 Å². The highest BCUT2D eigenvalue weighted by Gasteiger charge is 2.32. The fourth-order valence-corrected chi connectivity index (χ4v) is 5.44. The molecule has 1 N–H and O–H groups in total. The zero-order chi connectivity index (χ0) is 25.4. The monoisotopic (exact) mass is 511 g/mol. The first-order chi connectivity index (χ1) is 17.3. The van der Waals surface area contributed by atoms with Crippen LogP contribution in [0.2, 0.25) is 0 Å². The molecule has 1 fully saturated rings. The highest BCUT2D eigenvalue weighted by Crippen LogP contribution is 2.49. The highest BCUT2D eigenvalue weighted by atomic mass is 32.2. The molecule has 1 saturated carbocycles. The number of hydrogen-bond acceptors (Lipinski definition) is 6. The van der Waals surface area contributed by atoms with E-state index in [1.807, 2.05) is 6.07 Å². The Hall–Kier alpha value is -3.66. The van der Waals surface area contributed by atoms with Crippen LogP contribution in [0, 0.1) is 5.82 Å². The Morgan fingerprint density at radius 3 is 2.61 bits per heavy atom. The van der Waals surface area contributed by atoms with E-state index >= 15 is 0 Å². The van der Waals surface area contributed by atoms with Gasteiger partial charge in [0.15, 0.2) is 0 Å². The number of esters is 1. The number of ether oxygens (including phenoxy) is 1. The summed E-state index contributed by atoms with van der Waals surface area (Å²) in [5, 5.41) is 0.790. The standard InChI is InChI=1S/C26H26FN3O5S/c1-34-23(31)4-3-13-30(36(2,32)33)21-15-22-20(14-19(21)16-5-6-16)24(26-28-11-12-29-26)25(35-22)17-7-9-18(27)10-8-17/h7-12,14-16H,3-6,13H2,1-2H3,(H,28,29). The Labute approximate surface area is 208 Å². The molecule has 0 bridgehead atoms. The van der Waals surface area contributed by atoms with Crippen LogP contribution in [0.1, 0.15) is 37.2 Å². The summed E-state index contributed by atoms with van der Waals surface area (Å²) in [5.74, 6) is 0.585. The number of aromatic nitrogens is 2. The Morgan fingerprint density at radius 1 is 1.25 bits per heavy atom. The van der Waals surface area contributed by atoms with Crippen molar-refractivity contribution in [2.24, 2.45) is 0 Å². The minimum atomic E-state index is -3.64. The smallest absolute Gasteiger partial charge is 0.305 e. The Bertz CT molecular complexity index is 1510. The lowest BCUT2D eigenvalue weighted by Gasteiger charge is -2.25. The quantitative estimate of drug-likeness (QED) is 0.309. The Kier molecular flexibility index (Phi) is 6.29. The lowest BCUT2D eigenvalue weighted by atomic mass is 10.0. The van der Waals surface area contributed by atoms with Crippen LogP contribution >= 0.6 is 0 Å². The summed E-state index contributed by atoms with van der Waals surface area (Å²) in [7, 11) is -2.34. The molecule has 0 aliphatic heterocycles. The van der Waals surface area contributed by atoms with Crippen LogP contribution in [-0.4, -0.2) is 44.3 Å². The second-order valence-corrected chi connectivity index (χ2v) is 10.9. The fraction of sp³-hybridized carbons (Fsp3) is 0.308. The van der Waals surface area contributed by atoms with Crippen molar-refractivity contribution < 1.29 is 26.8 Å². The van der Waals surface area contributed by atoms with E-state index in [-0.39, 0.29) is 30.7 Å². The van der Waals surface area contributed by atoms with E-state index in [0.717, 1.165) is 35.6 Å². The molecule has 2 aromatic carbocycles. The first-order valence-corrected chi connectivity index (χ1v) is 13.5. The number of nitrogens with zero attached hydrogens (tertiary/aromatic N) is 2. The largest absolute Gasteiger partial charge is 0.469 e. The summed E-state index contributed by atoms with van der Waals surface area (Å²) in [4.78, 5) is 19.2. The molecule has 1 aliphatic rings. The van der Waals surface area contributed by atoms with E-state index in [4.69, 9.17) is 9.15 Å². The van der Waals surface area contributed by atoms with Crippen molar-refractivity contribution in [1.82, 2.24) is 9.97 Å². The number of halogens is 1. The molecule has 188 valence electrons. The lowest BCUT2D eigenvalue weighted by molar-refractivity contribution is -0.140. The van der Waals surface area contributed by atoms with Gasteiger partial charge in [0.1, 0.15) is 23.0 Å². The molecule has 0 amide bonds. The van der Waals surface area contributed by atoms with E-state index in [1.54, 1.807) is 30.6 Å². The zero-order valence-corrected chi connectivity index (χ0v) is 20.8. The molecule has 4 aromatic rings. The summed E-state index contributed by atoms with van der Waals surface area (Å²) >= 11 is 0. The molecular weight excluding hydrogens is 485 g/mol. The molecule has 0 saturated heterocycles. The molecular formula is C26H26FN3O5S. The van der Waals surface area contributed by atoms with Crippen molar-refractivity contribution in [2.75, 3.05) is 24.2 Å². The number of carbonyl (C=O) groups is 1. The maximum Gasteiger partial charge on any atom is 0.305 e. The van der Waals surface area contributed by atoms with Crippen LogP contribution in [0.3, 0.4) is 0 Å². The second-order valence-electron chi connectivity index (χ2n) is 8.95. The van der Waals surface area contributed by atoms with Crippen LogP contribution in [-0.2, 0) is 19.6 Å². The van der Waals surface area contributed by atoms with Gasteiger partial charge in [0, 0.05) is 42.4 Å². The predicted molar refractivity (Wildman–Crippen MR) is 135 cm³/mol. The van der Waals surface area contributed by atoms with Gasteiger partial charge in [-0.2, -0.15) is 0 Å². The topological polar surface area (TPSA) is 106 Å². The number of furan rings is 1. The van der Waals surface area contributed by atoms with E-state index in [2.05, 4.69) is 9.97 Å². The molecule has 0 spiro atoms. The molecule has 8 nitrogen and oxygen atoms in total. The van der Waals surface area contributed by atoms with E-state index in [0.29, 0.717) is 34.8 Å². The number of imidazole rings is 1. The molecule has 36 heavy (non-hydrogen) atoms. The van der Waals surface area contributed by atoms with Gasteiger partial charge in [0.25, 0.3) is 0 Å². The first kappa shape index (κ1) is 24.1. The highest BCUT2D eigenvalue weighted by molar-refractivity contribution is 7.92. The molecule has 0 unspecified atom stereocenters. The number of rotatable bonds is 9. The number of benzene rings is 2. The van der Waals surface area contributed by atoms with Crippen molar-refractivity contribution in [2.45, 2.75) is 31.6 Å². The number of aromatic amines is 1. The van der Waals surface area contributed by atoms with Gasteiger partial charge >= 0.3 is 5.97 Å². The summed E-state index contributed by atoms with van der Waals surface area (Å²) < 4.78 is 51.6. The Balaban J connectivity index is 1.68. The van der Waals surface area contributed by atoms with Gasteiger partial charge in [0.2, 0.25) is 10.0 Å². The summed E-state index contributed by atoms with van der Waals surface area (Å²) in [6, 6.07) is 9.73. The van der Waals surface area contributed by atoms with E-state index < -0.39 is 10.0 Å². The van der Waals surface area contributed by atoms with Gasteiger partial charge in [-0.1, -0.05) is 0 Å². The predicted octanol–water partition coefficient (Wildman–Crippen LogP) is 5.23. The maximum atomic E-state index is 13.6. The van der Waals surface area contributed by atoms with Crippen molar-refractivity contribution in [3.63, 3.8) is 0 Å². The number of anilines is 1. The average molecular weight is 512 g/mol. The molecule has 0 atom stereocenters. The summed E-state index contributed by atoms with van der Waals surface area (Å²) in [6.45, 7) is 0.135. The van der Waals surface area contributed by atoms with Crippen LogP contribution < -0.4 is 4.31 Å². The van der Waals surface area contributed by atoms with Crippen molar-refractivity contribution >= 4 is 32.6 Å². The van der Waals surface area contributed by atoms with Gasteiger partial charge in [-0.25, -0.2) is 17.8 Å². The van der Waals surface area contributed by atoms with Crippen LogP contribution in [0.5, 0.6) is 0 Å². The van der Waals surface area contributed by atoms with E-state index in [9.17, 15) is 17.6 Å². The van der Waals surface area contributed by atoms with Crippen LogP contribution in [0.25, 0.3) is 33.7 Å². The minimum absolute atomic E-state index is 0.113.